The summed E-state index contributed by atoms with van der Waals surface area (Å²) >= 11 is 0. The summed E-state index contributed by atoms with van der Waals surface area (Å²) in [7, 11) is 0. The van der Waals surface area contributed by atoms with Crippen molar-refractivity contribution in [2.24, 2.45) is 5.92 Å². The molecule has 0 heterocycles. The highest BCUT2D eigenvalue weighted by atomic mass is 16.6. The van der Waals surface area contributed by atoms with Crippen molar-refractivity contribution in [3.05, 3.63) is 48.6 Å². The van der Waals surface area contributed by atoms with Crippen molar-refractivity contribution in [2.75, 3.05) is 19.8 Å². The van der Waals surface area contributed by atoms with Crippen molar-refractivity contribution in [2.45, 2.75) is 148 Å². The average molecular weight is 605 g/mol. The summed E-state index contributed by atoms with van der Waals surface area (Å²) < 4.78 is 10.2. The Morgan fingerprint density at radius 1 is 0.558 bits per heavy atom. The molecule has 0 saturated heterocycles. The van der Waals surface area contributed by atoms with Gasteiger partial charge >= 0.3 is 11.9 Å². The van der Waals surface area contributed by atoms with Crippen LogP contribution >= 0.6 is 0 Å². The molecule has 6 nitrogen and oxygen atoms in total. The first-order valence-corrected chi connectivity index (χ1v) is 17.2. The van der Waals surface area contributed by atoms with Gasteiger partial charge in [-0.3, -0.25) is 9.59 Å². The molecule has 0 rings (SSSR count). The predicted octanol–water partition coefficient (Wildman–Crippen LogP) is 9.11. The normalized spacial score (nSPS) is 12.9. The minimum atomic E-state index is -0.991. The molecule has 0 aromatic carbocycles. The lowest BCUT2D eigenvalue weighted by atomic mass is 10.0. The zero-order valence-corrected chi connectivity index (χ0v) is 27.6. The van der Waals surface area contributed by atoms with Crippen LogP contribution in [0.1, 0.15) is 142 Å². The Morgan fingerprint density at radius 3 is 1.49 bits per heavy atom. The quantitative estimate of drug-likeness (QED) is 0.0482. The summed E-state index contributed by atoms with van der Waals surface area (Å²) in [4.78, 5) is 23.8. The number of hydrogen-bond acceptors (Lipinski definition) is 6. The van der Waals surface area contributed by atoms with Gasteiger partial charge in [-0.15, -0.1) is 0 Å². The molecule has 0 aromatic heterocycles. The fraction of sp³-hybridized carbons (Fsp3) is 0.730. The van der Waals surface area contributed by atoms with E-state index in [1.807, 2.05) is 0 Å². The third kappa shape index (κ3) is 34.2. The maximum Gasteiger partial charge on any atom is 0.305 e. The molecule has 43 heavy (non-hydrogen) atoms. The van der Waals surface area contributed by atoms with Gasteiger partial charge in [0.05, 0.1) is 0 Å². The highest BCUT2D eigenvalue weighted by molar-refractivity contribution is 5.69. The van der Waals surface area contributed by atoms with Gasteiger partial charge in [0, 0.05) is 19.4 Å². The molecule has 2 N–H and O–H groups in total. The molecular weight excluding hydrogens is 540 g/mol. The van der Waals surface area contributed by atoms with E-state index in [0.29, 0.717) is 25.9 Å². The molecule has 6 heteroatoms. The molecule has 0 saturated carbocycles. The third-order valence-corrected chi connectivity index (χ3v) is 7.05. The van der Waals surface area contributed by atoms with E-state index in [1.165, 1.54) is 38.5 Å². The van der Waals surface area contributed by atoms with Crippen LogP contribution in [0.25, 0.3) is 0 Å². The van der Waals surface area contributed by atoms with Crippen LogP contribution in [0.5, 0.6) is 0 Å². The number of esters is 2. The van der Waals surface area contributed by atoms with E-state index >= 15 is 0 Å². The number of carbonyl (C=O) groups is 2. The van der Waals surface area contributed by atoms with Gasteiger partial charge in [0.1, 0.15) is 19.3 Å². The topological polar surface area (TPSA) is 93.1 Å². The zero-order valence-electron chi connectivity index (χ0n) is 27.6. The minimum absolute atomic E-state index is 0.141. The van der Waals surface area contributed by atoms with Gasteiger partial charge in [-0.05, 0) is 63.7 Å². The molecule has 0 amide bonds. The van der Waals surface area contributed by atoms with E-state index in [0.717, 1.165) is 76.5 Å². The smallest absolute Gasteiger partial charge is 0.305 e. The molecule has 0 bridgehead atoms. The molecular formula is C37H64O6. The Bertz CT molecular complexity index is 752. The van der Waals surface area contributed by atoms with E-state index in [4.69, 9.17) is 14.6 Å². The van der Waals surface area contributed by atoms with E-state index < -0.39 is 6.10 Å². The largest absolute Gasteiger partial charge is 0.463 e. The molecule has 0 unspecified atom stereocenters. The summed E-state index contributed by atoms with van der Waals surface area (Å²) in [5, 5.41) is 18.7. The van der Waals surface area contributed by atoms with Crippen LogP contribution in [-0.2, 0) is 19.1 Å². The van der Waals surface area contributed by atoms with Crippen LogP contribution in [0.2, 0.25) is 0 Å². The highest BCUT2D eigenvalue weighted by Gasteiger charge is 2.12. The molecule has 0 fully saturated rings. The van der Waals surface area contributed by atoms with Crippen LogP contribution < -0.4 is 0 Å². The molecule has 248 valence electrons. The van der Waals surface area contributed by atoms with E-state index in [9.17, 15) is 14.7 Å². The third-order valence-electron chi connectivity index (χ3n) is 7.05. The van der Waals surface area contributed by atoms with Gasteiger partial charge in [0.25, 0.3) is 0 Å². The number of aliphatic hydroxyl groups is 2. The summed E-state index contributed by atoms with van der Waals surface area (Å²) in [6.07, 6.45) is 36.1. The van der Waals surface area contributed by atoms with Crippen molar-refractivity contribution in [1.29, 1.82) is 0 Å². The first-order chi connectivity index (χ1) is 21.0. The second kappa shape index (κ2) is 32.7. The van der Waals surface area contributed by atoms with Crippen molar-refractivity contribution >= 4 is 11.9 Å². The van der Waals surface area contributed by atoms with Gasteiger partial charge in [0.15, 0.2) is 0 Å². The number of aliphatic hydroxyl groups excluding tert-OH is 2. The number of allylic oxidation sites excluding steroid dienone is 8. The SMILES string of the molecule is CC(C)CCCCCCCCCCC(=O)OC[C@@H](O)COC(=O)CCC/C=C\C/C=C\C/C=C\C/C=C\CCCCCO. The maximum absolute atomic E-state index is 11.9. The fourth-order valence-electron chi connectivity index (χ4n) is 4.42. The Balaban J connectivity index is 3.58. The zero-order chi connectivity index (χ0) is 31.6. The standard InChI is InChI=1S/C37H64O6/c1-34(2)28-24-20-16-13-14-18-22-26-30-37(41)43-33-35(39)32-42-36(40)29-25-21-17-12-10-8-6-4-3-5-7-9-11-15-19-23-27-31-38/h3,5-6,8-9,11-12,17,34-35,38-39H,4,7,10,13-16,18-33H2,1-2H3/b5-3-,8-6-,11-9-,17-12-/t35-/m0/s1. The van der Waals surface area contributed by atoms with E-state index in [2.05, 4.69) is 62.5 Å². The lowest BCUT2D eigenvalue weighted by molar-refractivity contribution is -0.152. The van der Waals surface area contributed by atoms with Crippen molar-refractivity contribution in [3.63, 3.8) is 0 Å². The van der Waals surface area contributed by atoms with Crippen molar-refractivity contribution in [3.8, 4) is 0 Å². The predicted molar refractivity (Wildman–Crippen MR) is 179 cm³/mol. The monoisotopic (exact) mass is 604 g/mol. The Morgan fingerprint density at radius 2 is 0.977 bits per heavy atom. The Hall–Kier alpha value is -2.18. The lowest BCUT2D eigenvalue weighted by Crippen LogP contribution is -2.25. The number of carbonyl (C=O) groups excluding carboxylic acids is 2. The van der Waals surface area contributed by atoms with E-state index in [1.54, 1.807) is 0 Å². The van der Waals surface area contributed by atoms with Crippen molar-refractivity contribution in [1.82, 2.24) is 0 Å². The van der Waals surface area contributed by atoms with E-state index in [-0.39, 0.29) is 25.2 Å². The molecule has 0 aromatic rings. The molecule has 0 aliphatic heterocycles. The number of rotatable bonds is 30. The van der Waals surface area contributed by atoms with Crippen LogP contribution in [0.3, 0.4) is 0 Å². The second-order valence-electron chi connectivity index (χ2n) is 11.8. The Kier molecular flexibility index (Phi) is 31.1. The van der Waals surface area contributed by atoms with Gasteiger partial charge in [-0.25, -0.2) is 0 Å². The Labute approximate surface area is 263 Å². The molecule has 0 spiro atoms. The highest BCUT2D eigenvalue weighted by Crippen LogP contribution is 2.13. The average Bonchev–Trinajstić information content (AvgIpc) is 2.99. The van der Waals surface area contributed by atoms with Crippen LogP contribution in [0.15, 0.2) is 48.6 Å². The van der Waals surface area contributed by atoms with Crippen LogP contribution in [0.4, 0.5) is 0 Å². The number of hydrogen-bond donors (Lipinski definition) is 2. The van der Waals surface area contributed by atoms with Crippen molar-refractivity contribution < 1.29 is 29.3 Å². The molecule has 0 aliphatic carbocycles. The summed E-state index contributed by atoms with van der Waals surface area (Å²) in [6, 6.07) is 0. The molecule has 1 atom stereocenters. The molecule has 0 aliphatic rings. The summed E-state index contributed by atoms with van der Waals surface area (Å²) in [5.74, 6) is 0.152. The van der Waals surface area contributed by atoms with Gasteiger partial charge in [-0.1, -0.05) is 120 Å². The number of ether oxygens (including phenoxy) is 2. The second-order valence-corrected chi connectivity index (χ2v) is 11.8. The minimum Gasteiger partial charge on any atom is -0.463 e. The molecule has 0 radical (unpaired) electrons. The first kappa shape index (κ1) is 40.8. The van der Waals surface area contributed by atoms with Gasteiger partial charge in [0.2, 0.25) is 0 Å². The number of unbranched alkanes of at least 4 members (excludes halogenated alkanes) is 11. The van der Waals surface area contributed by atoms with Gasteiger partial charge < -0.3 is 19.7 Å². The summed E-state index contributed by atoms with van der Waals surface area (Å²) in [6.45, 7) is 4.55. The fourth-order valence-corrected chi connectivity index (χ4v) is 4.42. The lowest BCUT2D eigenvalue weighted by Gasteiger charge is -2.12. The van der Waals surface area contributed by atoms with Crippen LogP contribution in [0, 0.1) is 5.92 Å². The first-order valence-electron chi connectivity index (χ1n) is 17.2. The van der Waals surface area contributed by atoms with Crippen LogP contribution in [-0.4, -0.2) is 48.1 Å². The van der Waals surface area contributed by atoms with Gasteiger partial charge in [-0.2, -0.15) is 0 Å². The summed E-state index contributed by atoms with van der Waals surface area (Å²) in [5.41, 5.74) is 0. The maximum atomic E-state index is 11.9.